The smallest absolute Gasteiger partial charge is 0.278 e. The normalized spacial score (nSPS) is 11.8. The van der Waals surface area contributed by atoms with E-state index in [9.17, 15) is 14.4 Å². The van der Waals surface area contributed by atoms with Gasteiger partial charge in [0.05, 0.1) is 10.9 Å². The number of anilines is 2. The zero-order valence-corrected chi connectivity index (χ0v) is 19.1. The Morgan fingerprint density at radius 3 is 2.41 bits per heavy atom. The van der Waals surface area contributed by atoms with Gasteiger partial charge < -0.3 is 10.6 Å². The van der Waals surface area contributed by atoms with Crippen molar-refractivity contribution in [3.8, 4) is 11.3 Å². The maximum atomic E-state index is 12.7. The zero-order chi connectivity index (χ0) is 23.3. The molecule has 3 aromatic rings. The van der Waals surface area contributed by atoms with Crippen LogP contribution in [0.25, 0.3) is 11.3 Å². The lowest BCUT2D eigenvalue weighted by atomic mass is 10.1. The summed E-state index contributed by atoms with van der Waals surface area (Å²) in [7, 11) is 0. The molecule has 166 valence electrons. The number of nitrogens with one attached hydrogen (secondary N) is 3. The van der Waals surface area contributed by atoms with Crippen molar-refractivity contribution in [2.75, 3.05) is 10.6 Å². The molecule has 3 N–H and O–H groups in total. The molecule has 0 saturated carbocycles. The predicted octanol–water partition coefficient (Wildman–Crippen LogP) is 3.85. The van der Waals surface area contributed by atoms with Gasteiger partial charge in [-0.25, -0.2) is 0 Å². The number of para-hydroxylation sites is 1. The number of hydrogen-bond acceptors (Lipinski definition) is 6. The average Bonchev–Trinajstić information content (AvgIpc) is 2.74. The van der Waals surface area contributed by atoms with E-state index in [2.05, 4.69) is 25.8 Å². The molecule has 0 aliphatic heterocycles. The molecule has 2 aromatic carbocycles. The number of nitrogens with zero attached hydrogens (tertiary/aromatic N) is 2. The number of aryl methyl sites for hydroxylation is 1. The van der Waals surface area contributed by atoms with Crippen molar-refractivity contribution in [3.63, 3.8) is 0 Å². The second-order valence-corrected chi connectivity index (χ2v) is 8.95. The summed E-state index contributed by atoms with van der Waals surface area (Å²) in [4.78, 5) is 40.0. The van der Waals surface area contributed by atoms with Gasteiger partial charge in [0.15, 0.2) is 10.9 Å². The van der Waals surface area contributed by atoms with Crippen LogP contribution in [-0.2, 0) is 9.59 Å². The van der Waals surface area contributed by atoms with Crippen LogP contribution in [0.3, 0.4) is 0 Å². The molecule has 0 unspecified atom stereocenters. The van der Waals surface area contributed by atoms with Crippen molar-refractivity contribution >= 4 is 35.0 Å². The van der Waals surface area contributed by atoms with Crippen LogP contribution in [-0.4, -0.2) is 32.2 Å². The van der Waals surface area contributed by atoms with Gasteiger partial charge in [-0.1, -0.05) is 55.9 Å². The van der Waals surface area contributed by atoms with Gasteiger partial charge in [-0.3, -0.25) is 19.4 Å². The number of H-pyrrole nitrogens is 1. The molecule has 0 spiro atoms. The van der Waals surface area contributed by atoms with Gasteiger partial charge in [0.2, 0.25) is 11.8 Å². The van der Waals surface area contributed by atoms with Gasteiger partial charge in [0, 0.05) is 17.2 Å². The van der Waals surface area contributed by atoms with Crippen molar-refractivity contribution < 1.29 is 9.59 Å². The summed E-state index contributed by atoms with van der Waals surface area (Å²) in [5, 5.41) is 13.5. The van der Waals surface area contributed by atoms with Gasteiger partial charge in [-0.05, 0) is 37.6 Å². The zero-order valence-electron chi connectivity index (χ0n) is 18.3. The molecule has 0 aliphatic rings. The predicted molar refractivity (Wildman–Crippen MR) is 127 cm³/mol. The van der Waals surface area contributed by atoms with E-state index >= 15 is 0 Å². The van der Waals surface area contributed by atoms with Crippen molar-refractivity contribution in [1.29, 1.82) is 0 Å². The number of benzene rings is 2. The summed E-state index contributed by atoms with van der Waals surface area (Å²) in [6.07, 6.45) is 0. The number of hydrogen-bond donors (Lipinski definition) is 3. The van der Waals surface area contributed by atoms with E-state index in [4.69, 9.17) is 0 Å². The fourth-order valence-corrected chi connectivity index (χ4v) is 3.56. The van der Waals surface area contributed by atoms with Gasteiger partial charge in [-0.2, -0.15) is 0 Å². The lowest BCUT2D eigenvalue weighted by molar-refractivity contribution is -0.119. The van der Waals surface area contributed by atoms with E-state index in [1.54, 1.807) is 45.0 Å². The Bertz CT molecular complexity index is 1190. The molecule has 0 aliphatic carbocycles. The van der Waals surface area contributed by atoms with E-state index in [0.717, 1.165) is 17.3 Å². The van der Waals surface area contributed by atoms with E-state index in [1.165, 1.54) is 0 Å². The van der Waals surface area contributed by atoms with E-state index in [1.807, 2.05) is 31.2 Å². The number of carbonyl (C=O) groups is 2. The topological polar surface area (TPSA) is 117 Å². The van der Waals surface area contributed by atoms with Crippen LogP contribution in [0.15, 0.2) is 58.5 Å². The molecule has 9 heteroatoms. The third kappa shape index (κ3) is 5.82. The van der Waals surface area contributed by atoms with Crippen molar-refractivity contribution in [2.45, 2.75) is 38.1 Å². The average molecular weight is 452 g/mol. The SMILES string of the molecule is Cc1cccc(NC(=O)[C@H](C)Sc2nnc(-c3ccccc3NC(=O)C(C)C)c(=O)[nH]2)c1. The van der Waals surface area contributed by atoms with Gasteiger partial charge in [-0.15, -0.1) is 10.2 Å². The van der Waals surface area contributed by atoms with Gasteiger partial charge >= 0.3 is 0 Å². The van der Waals surface area contributed by atoms with Crippen LogP contribution in [0.4, 0.5) is 11.4 Å². The Morgan fingerprint density at radius 1 is 0.969 bits per heavy atom. The summed E-state index contributed by atoms with van der Waals surface area (Å²) in [5.74, 6) is -0.588. The lowest BCUT2D eigenvalue weighted by Crippen LogP contribution is -2.24. The van der Waals surface area contributed by atoms with Crippen molar-refractivity contribution in [1.82, 2.24) is 15.2 Å². The first kappa shape index (κ1) is 23.2. The largest absolute Gasteiger partial charge is 0.325 e. The third-order valence-corrected chi connectivity index (χ3v) is 5.56. The fourth-order valence-electron chi connectivity index (χ4n) is 2.81. The number of aromatic nitrogens is 3. The minimum atomic E-state index is -0.510. The third-order valence-electron chi connectivity index (χ3n) is 4.58. The minimum Gasteiger partial charge on any atom is -0.325 e. The minimum absolute atomic E-state index is 0.0888. The standard InChI is InChI=1S/C23H25N5O3S/c1-13(2)20(29)25-18-11-6-5-10-17(18)19-22(31)26-23(28-27-19)32-15(4)21(30)24-16-9-7-8-14(3)12-16/h5-13,15H,1-4H3,(H,24,30)(H,25,29)(H,26,28,31)/t15-/m0/s1. The second-order valence-electron chi connectivity index (χ2n) is 7.62. The molecule has 8 nitrogen and oxygen atoms in total. The quantitative estimate of drug-likeness (QED) is 0.470. The maximum Gasteiger partial charge on any atom is 0.278 e. The Morgan fingerprint density at radius 2 is 1.72 bits per heavy atom. The van der Waals surface area contributed by atoms with E-state index in [0.29, 0.717) is 16.9 Å². The number of rotatable bonds is 7. The number of carbonyl (C=O) groups excluding carboxylic acids is 2. The summed E-state index contributed by atoms with van der Waals surface area (Å²) < 4.78 is 0. The molecule has 0 radical (unpaired) electrons. The van der Waals surface area contributed by atoms with Gasteiger partial charge in [0.25, 0.3) is 5.56 Å². The molecule has 0 bridgehead atoms. The van der Waals surface area contributed by atoms with Gasteiger partial charge in [0.1, 0.15) is 0 Å². The number of aromatic amines is 1. The summed E-state index contributed by atoms with van der Waals surface area (Å²) in [6, 6.07) is 14.4. The summed E-state index contributed by atoms with van der Waals surface area (Å²) in [6.45, 7) is 7.24. The Labute approximate surface area is 190 Å². The van der Waals surface area contributed by atoms with Crippen molar-refractivity contribution in [3.05, 3.63) is 64.4 Å². The molecule has 1 heterocycles. The lowest BCUT2D eigenvalue weighted by Gasteiger charge is -2.13. The molecule has 0 fully saturated rings. The summed E-state index contributed by atoms with van der Waals surface area (Å²) in [5.41, 5.74) is 2.33. The first-order chi connectivity index (χ1) is 15.2. The highest BCUT2D eigenvalue weighted by atomic mass is 32.2. The van der Waals surface area contributed by atoms with Crippen LogP contribution in [0.2, 0.25) is 0 Å². The molecule has 1 aromatic heterocycles. The summed E-state index contributed by atoms with van der Waals surface area (Å²) >= 11 is 1.10. The Hall–Kier alpha value is -3.46. The fraction of sp³-hybridized carbons (Fsp3) is 0.261. The van der Waals surface area contributed by atoms with E-state index in [-0.39, 0.29) is 28.6 Å². The Kier molecular flexibility index (Phi) is 7.42. The molecule has 32 heavy (non-hydrogen) atoms. The molecular weight excluding hydrogens is 426 g/mol. The molecule has 1 atom stereocenters. The highest BCUT2D eigenvalue weighted by Gasteiger charge is 2.19. The number of amides is 2. The highest BCUT2D eigenvalue weighted by Crippen LogP contribution is 2.25. The van der Waals surface area contributed by atoms with Crippen molar-refractivity contribution in [2.24, 2.45) is 5.92 Å². The number of thioether (sulfide) groups is 1. The van der Waals surface area contributed by atoms with Crippen LogP contribution in [0, 0.1) is 12.8 Å². The molecule has 0 saturated heterocycles. The van der Waals surface area contributed by atoms with Crippen LogP contribution >= 0.6 is 11.8 Å². The van der Waals surface area contributed by atoms with Crippen LogP contribution in [0.1, 0.15) is 26.3 Å². The van der Waals surface area contributed by atoms with E-state index < -0.39 is 10.8 Å². The second kappa shape index (κ2) is 10.2. The highest BCUT2D eigenvalue weighted by molar-refractivity contribution is 8.00. The first-order valence-electron chi connectivity index (χ1n) is 10.2. The molecular formula is C23H25N5O3S. The Balaban J connectivity index is 1.75. The maximum absolute atomic E-state index is 12.7. The van der Waals surface area contributed by atoms with Crippen LogP contribution < -0.4 is 16.2 Å². The molecule has 2 amide bonds. The monoisotopic (exact) mass is 451 g/mol. The first-order valence-corrected chi connectivity index (χ1v) is 11.0. The molecule has 3 rings (SSSR count). The van der Waals surface area contributed by atoms with Crippen LogP contribution in [0.5, 0.6) is 0 Å².